The number of imidazole rings is 1. The fourth-order valence-corrected chi connectivity index (χ4v) is 4.14. The number of methoxy groups -OCH3 is 1. The van der Waals surface area contributed by atoms with Gasteiger partial charge >= 0.3 is 0 Å². The first kappa shape index (κ1) is 20.4. The first-order valence-corrected chi connectivity index (χ1v) is 10.8. The monoisotopic (exact) mass is 373 g/mol. The van der Waals surface area contributed by atoms with Crippen LogP contribution in [0.5, 0.6) is 0 Å². The molecule has 0 bridgehead atoms. The van der Waals surface area contributed by atoms with Crippen molar-refractivity contribution < 1.29 is 17.9 Å². The maximum atomic E-state index is 12.3. The molecule has 1 aromatic heterocycles. The van der Waals surface area contributed by atoms with Gasteiger partial charge in [-0.05, 0) is 25.8 Å². The molecule has 0 amide bonds. The zero-order valence-electron chi connectivity index (χ0n) is 15.6. The molecule has 1 aliphatic rings. The smallest absolute Gasteiger partial charge is 0.227 e. The van der Waals surface area contributed by atoms with Crippen molar-refractivity contribution in [3.05, 3.63) is 11.9 Å². The van der Waals surface area contributed by atoms with Crippen LogP contribution in [-0.4, -0.2) is 68.1 Å². The fourth-order valence-electron chi connectivity index (χ4n) is 3.12. The molecular formula is C17H31N3O4S. The van der Waals surface area contributed by atoms with Crippen molar-refractivity contribution in [3.63, 3.8) is 0 Å². The maximum Gasteiger partial charge on any atom is 0.227 e. The quantitative estimate of drug-likeness (QED) is 0.622. The van der Waals surface area contributed by atoms with E-state index in [9.17, 15) is 8.42 Å². The number of ether oxygens (including phenoxy) is 2. The molecule has 1 aromatic rings. The highest BCUT2D eigenvalue weighted by Crippen LogP contribution is 2.19. The van der Waals surface area contributed by atoms with Gasteiger partial charge in [0.1, 0.15) is 0 Å². The van der Waals surface area contributed by atoms with Gasteiger partial charge in [0, 0.05) is 33.4 Å². The number of likely N-dealkylation sites (tertiary alicyclic amines) is 1. The van der Waals surface area contributed by atoms with Crippen molar-refractivity contribution in [2.45, 2.75) is 57.5 Å². The van der Waals surface area contributed by atoms with Crippen molar-refractivity contribution in [2.24, 2.45) is 0 Å². The fraction of sp³-hybridized carbons (Fsp3) is 0.824. The lowest BCUT2D eigenvalue weighted by molar-refractivity contribution is -0.00289. The molecule has 0 aliphatic carbocycles. The van der Waals surface area contributed by atoms with E-state index in [0.29, 0.717) is 19.7 Å². The summed E-state index contributed by atoms with van der Waals surface area (Å²) in [6, 6.07) is 0. The summed E-state index contributed by atoms with van der Waals surface area (Å²) in [7, 11) is -1.73. The Morgan fingerprint density at radius 1 is 1.32 bits per heavy atom. The minimum Gasteiger partial charge on any atom is -0.383 e. The predicted octanol–water partition coefficient (Wildman–Crippen LogP) is 1.71. The van der Waals surface area contributed by atoms with E-state index >= 15 is 0 Å². The van der Waals surface area contributed by atoms with Crippen LogP contribution < -0.4 is 0 Å². The molecule has 1 aliphatic heterocycles. The normalized spacial score (nSPS) is 19.4. The Balaban J connectivity index is 2.12. The molecule has 25 heavy (non-hydrogen) atoms. The van der Waals surface area contributed by atoms with Crippen LogP contribution in [0.1, 0.15) is 38.8 Å². The van der Waals surface area contributed by atoms with E-state index in [4.69, 9.17) is 9.47 Å². The number of hydrogen-bond acceptors (Lipinski definition) is 6. The molecule has 144 valence electrons. The summed E-state index contributed by atoms with van der Waals surface area (Å²) in [4.78, 5) is 6.53. The minimum absolute atomic E-state index is 0.0487. The highest BCUT2D eigenvalue weighted by Gasteiger charge is 2.25. The molecule has 1 saturated heterocycles. The Morgan fingerprint density at radius 3 is 2.80 bits per heavy atom. The molecule has 8 heteroatoms. The summed E-state index contributed by atoms with van der Waals surface area (Å²) in [5.41, 5.74) is 0.917. The van der Waals surface area contributed by atoms with Gasteiger partial charge in [0.15, 0.2) is 0 Å². The zero-order chi connectivity index (χ0) is 18.3. The van der Waals surface area contributed by atoms with Crippen LogP contribution in [0.25, 0.3) is 0 Å². The molecule has 0 N–H and O–H groups in total. The SMILES string of the molecule is CCCO[C@H]1CCCN(Cc2cnc(S(=O)(=O)CC)n2CCOC)C1. The first-order valence-electron chi connectivity index (χ1n) is 9.11. The Bertz CT molecular complexity index is 630. The molecular weight excluding hydrogens is 342 g/mol. The van der Waals surface area contributed by atoms with Gasteiger partial charge in [-0.2, -0.15) is 0 Å². The van der Waals surface area contributed by atoms with Crippen LogP contribution in [-0.2, 0) is 32.4 Å². The van der Waals surface area contributed by atoms with Gasteiger partial charge in [-0.25, -0.2) is 13.4 Å². The average molecular weight is 374 g/mol. The van der Waals surface area contributed by atoms with Gasteiger partial charge in [-0.3, -0.25) is 4.90 Å². The largest absolute Gasteiger partial charge is 0.383 e. The van der Waals surface area contributed by atoms with E-state index < -0.39 is 9.84 Å². The van der Waals surface area contributed by atoms with E-state index in [1.807, 2.05) is 0 Å². The van der Waals surface area contributed by atoms with Gasteiger partial charge in [-0.1, -0.05) is 13.8 Å². The summed E-state index contributed by atoms with van der Waals surface area (Å²) in [5.74, 6) is 0.0487. The second-order valence-corrected chi connectivity index (χ2v) is 8.62. The van der Waals surface area contributed by atoms with Crippen LogP contribution in [0.3, 0.4) is 0 Å². The van der Waals surface area contributed by atoms with Crippen molar-refractivity contribution in [1.29, 1.82) is 0 Å². The molecule has 1 atom stereocenters. The molecule has 0 unspecified atom stereocenters. The highest BCUT2D eigenvalue weighted by molar-refractivity contribution is 7.91. The third-order valence-electron chi connectivity index (χ3n) is 4.48. The van der Waals surface area contributed by atoms with Crippen molar-refractivity contribution in [2.75, 3.05) is 39.2 Å². The Morgan fingerprint density at radius 2 is 2.12 bits per heavy atom. The van der Waals surface area contributed by atoms with E-state index in [0.717, 1.165) is 44.7 Å². The van der Waals surface area contributed by atoms with Crippen LogP contribution in [0.4, 0.5) is 0 Å². The van der Waals surface area contributed by atoms with Crippen molar-refractivity contribution in [1.82, 2.24) is 14.5 Å². The molecule has 0 radical (unpaired) electrons. The van der Waals surface area contributed by atoms with E-state index in [-0.39, 0.29) is 17.0 Å². The Kier molecular flexibility index (Phi) is 7.86. The minimum atomic E-state index is -3.35. The topological polar surface area (TPSA) is 73.7 Å². The van der Waals surface area contributed by atoms with Crippen molar-refractivity contribution >= 4 is 9.84 Å². The Hall–Kier alpha value is -0.960. The highest BCUT2D eigenvalue weighted by atomic mass is 32.2. The van der Waals surface area contributed by atoms with Crippen LogP contribution in [0, 0.1) is 0 Å². The third-order valence-corrected chi connectivity index (χ3v) is 6.13. The summed E-state index contributed by atoms with van der Waals surface area (Å²) >= 11 is 0. The summed E-state index contributed by atoms with van der Waals surface area (Å²) in [6.45, 7) is 8.06. The summed E-state index contributed by atoms with van der Waals surface area (Å²) < 4.78 is 37.4. The first-order chi connectivity index (χ1) is 12.0. The zero-order valence-corrected chi connectivity index (χ0v) is 16.4. The molecule has 2 rings (SSSR count). The standard InChI is InChI=1S/C17H31N3O4S/c1-4-10-24-16-7-6-8-19(14-16)13-15-12-18-17(25(21,22)5-2)20(15)9-11-23-3/h12,16H,4-11,13-14H2,1-3H3/t16-/m0/s1. The molecule has 7 nitrogen and oxygen atoms in total. The maximum absolute atomic E-state index is 12.3. The number of rotatable bonds is 10. The Labute approximate surface area is 151 Å². The van der Waals surface area contributed by atoms with Gasteiger partial charge in [-0.15, -0.1) is 0 Å². The molecule has 0 spiro atoms. The van der Waals surface area contributed by atoms with Crippen LogP contribution >= 0.6 is 0 Å². The van der Waals surface area contributed by atoms with Crippen LogP contribution in [0.2, 0.25) is 0 Å². The van der Waals surface area contributed by atoms with E-state index in [1.165, 1.54) is 0 Å². The van der Waals surface area contributed by atoms with E-state index in [1.54, 1.807) is 24.8 Å². The number of sulfone groups is 1. The van der Waals surface area contributed by atoms with Gasteiger partial charge in [0.2, 0.25) is 15.0 Å². The lowest BCUT2D eigenvalue weighted by atomic mass is 10.1. The number of aromatic nitrogens is 2. The van der Waals surface area contributed by atoms with Crippen LogP contribution in [0.15, 0.2) is 11.4 Å². The van der Waals surface area contributed by atoms with Gasteiger partial charge in [0.25, 0.3) is 0 Å². The lowest BCUT2D eigenvalue weighted by Crippen LogP contribution is -2.39. The molecule has 1 fully saturated rings. The predicted molar refractivity (Wildman–Crippen MR) is 96.4 cm³/mol. The summed E-state index contributed by atoms with van der Waals surface area (Å²) in [5, 5.41) is 0.151. The second kappa shape index (κ2) is 9.66. The average Bonchev–Trinajstić information content (AvgIpc) is 3.01. The van der Waals surface area contributed by atoms with Gasteiger partial charge < -0.3 is 14.0 Å². The van der Waals surface area contributed by atoms with E-state index in [2.05, 4.69) is 16.8 Å². The lowest BCUT2D eigenvalue weighted by Gasteiger charge is -2.32. The number of piperidine rings is 1. The van der Waals surface area contributed by atoms with Crippen molar-refractivity contribution in [3.8, 4) is 0 Å². The third kappa shape index (κ3) is 5.51. The molecule has 0 aromatic carbocycles. The number of nitrogens with zero attached hydrogens (tertiary/aromatic N) is 3. The summed E-state index contributed by atoms with van der Waals surface area (Å²) in [6.07, 6.45) is 5.17. The molecule has 0 saturated carbocycles. The second-order valence-electron chi connectivity index (χ2n) is 6.45. The molecule has 2 heterocycles. The number of hydrogen-bond donors (Lipinski definition) is 0. The van der Waals surface area contributed by atoms with Gasteiger partial charge in [0.05, 0.1) is 30.4 Å².